The molecule has 0 saturated carbocycles. The number of benzene rings is 1. The van der Waals surface area contributed by atoms with Crippen molar-refractivity contribution in [3.63, 3.8) is 0 Å². The number of Topliss-reactive ketones (excluding diaryl/α,β-unsaturated/α-hetero) is 1. The van der Waals surface area contributed by atoms with Crippen molar-refractivity contribution >= 4 is 16.8 Å². The Labute approximate surface area is 94.0 Å². The average Bonchev–Trinajstić information content (AvgIpc) is 2.53. The van der Waals surface area contributed by atoms with Gasteiger partial charge in [0.15, 0.2) is 5.78 Å². The van der Waals surface area contributed by atoms with E-state index in [9.17, 15) is 4.79 Å². The lowest BCUT2D eigenvalue weighted by molar-refractivity contribution is 0.101. The molecular weight excluding hydrogens is 204 g/mol. The van der Waals surface area contributed by atoms with Crippen LogP contribution in [0.3, 0.4) is 0 Å². The van der Waals surface area contributed by atoms with Crippen LogP contribution in [0.2, 0.25) is 0 Å². The number of methoxy groups -OCH3 is 1. The molecule has 84 valence electrons. The Kier molecular flexibility index (Phi) is 2.46. The molecule has 2 rings (SSSR count). The van der Waals surface area contributed by atoms with Gasteiger partial charge in [-0.05, 0) is 32.4 Å². The monoisotopic (exact) mass is 218 g/mol. The van der Waals surface area contributed by atoms with Crippen LogP contribution in [0.4, 0.5) is 0 Å². The van der Waals surface area contributed by atoms with Gasteiger partial charge in [0.25, 0.3) is 0 Å². The molecule has 1 aromatic heterocycles. The minimum absolute atomic E-state index is 0.00277. The summed E-state index contributed by atoms with van der Waals surface area (Å²) in [5.74, 6) is 1.43. The molecule has 0 bridgehead atoms. The number of aryl methyl sites for hydroxylation is 2. The highest BCUT2D eigenvalue weighted by Gasteiger charge is 2.14. The lowest BCUT2D eigenvalue weighted by Crippen LogP contribution is -1.97. The summed E-state index contributed by atoms with van der Waals surface area (Å²) >= 11 is 0. The third-order valence-corrected chi connectivity index (χ3v) is 2.88. The lowest BCUT2D eigenvalue weighted by Gasteiger charge is -2.05. The molecule has 0 radical (unpaired) electrons. The van der Waals surface area contributed by atoms with Gasteiger partial charge in [0, 0.05) is 11.5 Å². The number of carbonyl (C=O) groups excluding carboxylic acids is 1. The smallest absolute Gasteiger partial charge is 0.163 e. The Hall–Kier alpha value is -1.77. The molecule has 0 atom stereocenters. The fourth-order valence-corrected chi connectivity index (χ4v) is 1.81. The number of carbonyl (C=O) groups is 1. The van der Waals surface area contributed by atoms with Crippen molar-refractivity contribution in [2.24, 2.45) is 0 Å². The fourth-order valence-electron chi connectivity index (χ4n) is 1.81. The van der Waals surface area contributed by atoms with Gasteiger partial charge in [0.2, 0.25) is 0 Å². The van der Waals surface area contributed by atoms with Crippen molar-refractivity contribution in [1.29, 1.82) is 0 Å². The molecule has 0 fully saturated rings. The van der Waals surface area contributed by atoms with E-state index >= 15 is 0 Å². The van der Waals surface area contributed by atoms with Crippen LogP contribution in [0.5, 0.6) is 5.75 Å². The average molecular weight is 218 g/mol. The van der Waals surface area contributed by atoms with E-state index in [2.05, 4.69) is 0 Å². The Morgan fingerprint density at radius 1 is 1.31 bits per heavy atom. The second-order valence-corrected chi connectivity index (χ2v) is 3.89. The number of rotatable bonds is 2. The van der Waals surface area contributed by atoms with Gasteiger partial charge >= 0.3 is 0 Å². The molecule has 0 unspecified atom stereocenters. The highest BCUT2D eigenvalue weighted by Crippen LogP contribution is 2.31. The van der Waals surface area contributed by atoms with Crippen LogP contribution in [0, 0.1) is 13.8 Å². The van der Waals surface area contributed by atoms with E-state index in [4.69, 9.17) is 9.15 Å². The van der Waals surface area contributed by atoms with Crippen LogP contribution < -0.4 is 4.74 Å². The van der Waals surface area contributed by atoms with Gasteiger partial charge in [-0.15, -0.1) is 0 Å². The van der Waals surface area contributed by atoms with Gasteiger partial charge < -0.3 is 9.15 Å². The normalized spacial score (nSPS) is 10.8. The summed E-state index contributed by atoms with van der Waals surface area (Å²) in [4.78, 5) is 11.5. The third kappa shape index (κ3) is 1.48. The molecule has 3 heteroatoms. The Bertz CT molecular complexity index is 564. The van der Waals surface area contributed by atoms with Gasteiger partial charge in [-0.25, -0.2) is 0 Å². The standard InChI is InChI=1S/C13H14O3/c1-7-9(3)16-13-6-12(15-4)11(8(2)14)5-10(7)13/h5-6H,1-4H3. The lowest BCUT2D eigenvalue weighted by atomic mass is 10.1. The number of ether oxygens (including phenoxy) is 1. The van der Waals surface area contributed by atoms with Gasteiger partial charge in [0.05, 0.1) is 12.7 Å². The van der Waals surface area contributed by atoms with Crippen LogP contribution in [-0.4, -0.2) is 12.9 Å². The fraction of sp³-hybridized carbons (Fsp3) is 0.308. The summed E-state index contributed by atoms with van der Waals surface area (Å²) in [6.45, 7) is 5.43. The molecule has 0 aliphatic rings. The van der Waals surface area contributed by atoms with Crippen LogP contribution in [-0.2, 0) is 0 Å². The van der Waals surface area contributed by atoms with Gasteiger partial charge in [-0.2, -0.15) is 0 Å². The second-order valence-electron chi connectivity index (χ2n) is 3.89. The predicted octanol–water partition coefficient (Wildman–Crippen LogP) is 3.26. The molecule has 0 spiro atoms. The Balaban J connectivity index is 2.80. The summed E-state index contributed by atoms with van der Waals surface area (Å²) in [6, 6.07) is 3.61. The summed E-state index contributed by atoms with van der Waals surface area (Å²) < 4.78 is 10.8. The molecule has 1 heterocycles. The van der Waals surface area contributed by atoms with Crippen molar-refractivity contribution in [3.8, 4) is 5.75 Å². The van der Waals surface area contributed by atoms with Crippen LogP contribution in [0.15, 0.2) is 16.5 Å². The number of ketones is 1. The number of hydrogen-bond donors (Lipinski definition) is 0. The maximum Gasteiger partial charge on any atom is 0.163 e. The zero-order valence-corrected chi connectivity index (χ0v) is 9.88. The first-order valence-electron chi connectivity index (χ1n) is 5.13. The second kappa shape index (κ2) is 3.67. The van der Waals surface area contributed by atoms with E-state index in [1.54, 1.807) is 13.2 Å². The van der Waals surface area contributed by atoms with Crippen LogP contribution in [0.1, 0.15) is 28.6 Å². The highest BCUT2D eigenvalue weighted by molar-refractivity contribution is 6.01. The molecule has 0 aliphatic heterocycles. The SMILES string of the molecule is COc1cc2oc(C)c(C)c2cc1C(C)=O. The molecule has 16 heavy (non-hydrogen) atoms. The first-order chi connectivity index (χ1) is 7.54. The molecule has 0 N–H and O–H groups in total. The van der Waals surface area contributed by atoms with Gasteiger partial charge in [-0.1, -0.05) is 0 Å². The number of hydrogen-bond acceptors (Lipinski definition) is 3. The summed E-state index contributed by atoms with van der Waals surface area (Å²) in [6.07, 6.45) is 0. The maximum atomic E-state index is 11.5. The van der Waals surface area contributed by atoms with E-state index in [0.717, 1.165) is 22.3 Å². The molecule has 1 aromatic carbocycles. The van der Waals surface area contributed by atoms with Crippen molar-refractivity contribution in [3.05, 3.63) is 29.0 Å². The van der Waals surface area contributed by atoms with E-state index < -0.39 is 0 Å². The highest BCUT2D eigenvalue weighted by atomic mass is 16.5. The van der Waals surface area contributed by atoms with Gasteiger partial charge in [0.1, 0.15) is 17.1 Å². The molecule has 0 amide bonds. The zero-order valence-electron chi connectivity index (χ0n) is 9.88. The quantitative estimate of drug-likeness (QED) is 0.726. The number of fused-ring (bicyclic) bond motifs is 1. The minimum Gasteiger partial charge on any atom is -0.496 e. The largest absolute Gasteiger partial charge is 0.496 e. The summed E-state index contributed by atoms with van der Waals surface area (Å²) in [5.41, 5.74) is 2.43. The maximum absolute atomic E-state index is 11.5. The van der Waals surface area contributed by atoms with E-state index in [0.29, 0.717) is 11.3 Å². The first-order valence-corrected chi connectivity index (χ1v) is 5.13. The predicted molar refractivity (Wildman–Crippen MR) is 62.2 cm³/mol. The molecular formula is C13H14O3. The van der Waals surface area contributed by atoms with E-state index in [1.807, 2.05) is 19.9 Å². The summed E-state index contributed by atoms with van der Waals surface area (Å²) in [7, 11) is 1.55. The third-order valence-electron chi connectivity index (χ3n) is 2.88. The molecule has 0 saturated heterocycles. The van der Waals surface area contributed by atoms with Crippen molar-refractivity contribution < 1.29 is 13.9 Å². The molecule has 2 aromatic rings. The van der Waals surface area contributed by atoms with Crippen LogP contribution in [0.25, 0.3) is 11.0 Å². The Morgan fingerprint density at radius 2 is 2.00 bits per heavy atom. The first kappa shape index (κ1) is 10.7. The van der Waals surface area contributed by atoms with Crippen LogP contribution >= 0.6 is 0 Å². The molecule has 3 nitrogen and oxygen atoms in total. The Morgan fingerprint density at radius 3 is 2.56 bits per heavy atom. The van der Waals surface area contributed by atoms with Crippen molar-refractivity contribution in [2.75, 3.05) is 7.11 Å². The minimum atomic E-state index is -0.00277. The topological polar surface area (TPSA) is 39.4 Å². The number of furan rings is 1. The van der Waals surface area contributed by atoms with E-state index in [-0.39, 0.29) is 5.78 Å². The van der Waals surface area contributed by atoms with Crippen molar-refractivity contribution in [1.82, 2.24) is 0 Å². The zero-order chi connectivity index (χ0) is 11.9. The van der Waals surface area contributed by atoms with E-state index in [1.165, 1.54) is 6.92 Å². The summed E-state index contributed by atoms with van der Waals surface area (Å²) in [5, 5.41) is 0.975. The van der Waals surface area contributed by atoms with Crippen molar-refractivity contribution in [2.45, 2.75) is 20.8 Å². The van der Waals surface area contributed by atoms with Gasteiger partial charge in [-0.3, -0.25) is 4.79 Å². The molecule has 0 aliphatic carbocycles.